The third kappa shape index (κ3) is 6.18. The lowest BCUT2D eigenvalue weighted by Gasteiger charge is -2.12. The van der Waals surface area contributed by atoms with Crippen LogP contribution in [0.3, 0.4) is 0 Å². The summed E-state index contributed by atoms with van der Waals surface area (Å²) in [5.74, 6) is -0.497. The Balaban J connectivity index is 2.15. The molecule has 31 heavy (non-hydrogen) atoms. The summed E-state index contributed by atoms with van der Waals surface area (Å²) in [6.07, 6.45) is 2.50. The minimum atomic E-state index is -0.977. The zero-order valence-corrected chi connectivity index (χ0v) is 19.4. The number of hydrogen-bond acceptors (Lipinski definition) is 4. The number of ether oxygens (including phenoxy) is 1. The number of rotatable bonds is 9. The normalized spacial score (nSPS) is 12.5. The molecule has 0 amide bonds. The highest BCUT2D eigenvalue weighted by molar-refractivity contribution is 6.03. The summed E-state index contributed by atoms with van der Waals surface area (Å²) in [5.41, 5.74) is 4.37. The predicted octanol–water partition coefficient (Wildman–Crippen LogP) is 5.44. The topological polar surface area (TPSA) is 72.1 Å². The molecule has 0 saturated heterocycles. The summed E-state index contributed by atoms with van der Waals surface area (Å²) in [6.45, 7) is 12.8. The van der Waals surface area contributed by atoms with E-state index in [0.29, 0.717) is 11.5 Å². The third-order valence-corrected chi connectivity index (χ3v) is 5.48. The van der Waals surface area contributed by atoms with Gasteiger partial charge in [0, 0.05) is 23.5 Å². The monoisotopic (exact) mass is 420 g/mol. The Morgan fingerprint density at radius 3 is 2.35 bits per heavy atom. The number of benzene rings is 1. The smallest absolute Gasteiger partial charge is 0.349 e. The fourth-order valence-electron chi connectivity index (χ4n) is 3.41. The van der Waals surface area contributed by atoms with Crippen LogP contribution in [0.2, 0.25) is 0 Å². The van der Waals surface area contributed by atoms with Gasteiger partial charge >= 0.3 is 5.97 Å². The van der Waals surface area contributed by atoms with Gasteiger partial charge in [0.15, 0.2) is 6.10 Å². The maximum absolute atomic E-state index is 12.6. The minimum Gasteiger partial charge on any atom is -0.450 e. The molecule has 0 N–H and O–H groups in total. The van der Waals surface area contributed by atoms with Gasteiger partial charge in [0.25, 0.3) is 0 Å². The van der Waals surface area contributed by atoms with Crippen molar-refractivity contribution in [3.8, 4) is 6.07 Å². The van der Waals surface area contributed by atoms with Crippen LogP contribution < -0.4 is 0 Å². The van der Waals surface area contributed by atoms with E-state index in [1.165, 1.54) is 6.92 Å². The summed E-state index contributed by atoms with van der Waals surface area (Å²) in [5, 5.41) is 9.52. The number of nitriles is 1. The van der Waals surface area contributed by atoms with Crippen molar-refractivity contribution in [1.29, 1.82) is 5.26 Å². The fourth-order valence-corrected chi connectivity index (χ4v) is 3.41. The highest BCUT2D eigenvalue weighted by Crippen LogP contribution is 2.20. The Morgan fingerprint density at radius 2 is 1.81 bits per heavy atom. The Bertz CT molecular complexity index is 1000. The lowest BCUT2D eigenvalue weighted by atomic mass is 10.0. The molecule has 0 aliphatic heterocycles. The SMILES string of the molecule is CCc1ccc(C(=O)[C@H](C)OC(=O)/C(C#N)=C/c2cc(C)n(CCC(C)C)c2C)cc1. The van der Waals surface area contributed by atoms with Gasteiger partial charge in [-0.05, 0) is 62.8 Å². The number of hydrogen-bond donors (Lipinski definition) is 0. The molecule has 1 heterocycles. The molecule has 0 fully saturated rings. The van der Waals surface area contributed by atoms with E-state index < -0.39 is 12.1 Å². The Morgan fingerprint density at radius 1 is 1.16 bits per heavy atom. The molecular formula is C26H32N2O3. The molecule has 0 aliphatic rings. The summed E-state index contributed by atoms with van der Waals surface area (Å²) < 4.78 is 7.51. The first kappa shape index (κ1) is 24.1. The van der Waals surface area contributed by atoms with Gasteiger partial charge in [-0.1, -0.05) is 45.0 Å². The van der Waals surface area contributed by atoms with Crippen molar-refractivity contribution >= 4 is 17.8 Å². The molecule has 2 aromatic rings. The molecule has 164 valence electrons. The van der Waals surface area contributed by atoms with Gasteiger partial charge < -0.3 is 9.30 Å². The molecule has 5 nitrogen and oxygen atoms in total. The van der Waals surface area contributed by atoms with Gasteiger partial charge in [0.1, 0.15) is 11.6 Å². The summed E-state index contributed by atoms with van der Waals surface area (Å²) in [6, 6.07) is 11.1. The molecule has 0 bridgehead atoms. The lowest BCUT2D eigenvalue weighted by molar-refractivity contribution is -0.141. The van der Waals surface area contributed by atoms with Crippen LogP contribution >= 0.6 is 0 Å². The zero-order valence-electron chi connectivity index (χ0n) is 19.4. The van der Waals surface area contributed by atoms with Crippen molar-refractivity contribution in [1.82, 2.24) is 4.57 Å². The van der Waals surface area contributed by atoms with Crippen LogP contribution in [0.1, 0.15) is 67.0 Å². The molecule has 5 heteroatoms. The van der Waals surface area contributed by atoms with Gasteiger partial charge in [-0.25, -0.2) is 4.79 Å². The van der Waals surface area contributed by atoms with Crippen LogP contribution in [0.5, 0.6) is 0 Å². The molecule has 2 rings (SSSR count). The molecular weight excluding hydrogens is 388 g/mol. The number of nitrogens with zero attached hydrogens (tertiary/aromatic N) is 2. The van der Waals surface area contributed by atoms with Crippen LogP contribution in [-0.4, -0.2) is 22.4 Å². The maximum atomic E-state index is 12.6. The van der Waals surface area contributed by atoms with Gasteiger partial charge in [0.05, 0.1) is 0 Å². The van der Waals surface area contributed by atoms with Crippen LogP contribution in [-0.2, 0) is 22.5 Å². The third-order valence-electron chi connectivity index (χ3n) is 5.48. The number of aryl methyl sites for hydroxylation is 2. The van der Waals surface area contributed by atoms with E-state index in [0.717, 1.165) is 41.9 Å². The highest BCUT2D eigenvalue weighted by Gasteiger charge is 2.22. The first-order chi connectivity index (χ1) is 14.7. The van der Waals surface area contributed by atoms with Crippen LogP contribution in [0.15, 0.2) is 35.9 Å². The summed E-state index contributed by atoms with van der Waals surface area (Å²) in [4.78, 5) is 25.2. The second-order valence-corrected chi connectivity index (χ2v) is 8.29. The van der Waals surface area contributed by atoms with Crippen molar-refractivity contribution in [2.24, 2.45) is 5.92 Å². The van der Waals surface area contributed by atoms with E-state index in [2.05, 4.69) is 18.4 Å². The maximum Gasteiger partial charge on any atom is 0.349 e. The van der Waals surface area contributed by atoms with E-state index in [9.17, 15) is 14.9 Å². The predicted molar refractivity (Wildman–Crippen MR) is 123 cm³/mol. The van der Waals surface area contributed by atoms with Gasteiger partial charge in [-0.2, -0.15) is 5.26 Å². The van der Waals surface area contributed by atoms with Crippen LogP contribution in [0.4, 0.5) is 0 Å². The van der Waals surface area contributed by atoms with Crippen molar-refractivity contribution in [3.63, 3.8) is 0 Å². The number of ketones is 1. The van der Waals surface area contributed by atoms with Gasteiger partial charge in [-0.15, -0.1) is 0 Å². The summed E-state index contributed by atoms with van der Waals surface area (Å²) >= 11 is 0. The molecule has 1 atom stereocenters. The molecule has 0 spiro atoms. The first-order valence-electron chi connectivity index (χ1n) is 10.8. The lowest BCUT2D eigenvalue weighted by Crippen LogP contribution is -2.25. The Hall–Kier alpha value is -3.13. The average molecular weight is 421 g/mol. The van der Waals surface area contributed by atoms with Crippen molar-refractivity contribution in [2.45, 2.75) is 67.0 Å². The van der Waals surface area contributed by atoms with Crippen molar-refractivity contribution in [3.05, 3.63) is 64.0 Å². The van der Waals surface area contributed by atoms with E-state index in [1.54, 1.807) is 18.2 Å². The van der Waals surface area contributed by atoms with Crippen molar-refractivity contribution in [2.75, 3.05) is 0 Å². The number of Topliss-reactive ketones (excluding diaryl/α,β-unsaturated/α-hetero) is 1. The van der Waals surface area contributed by atoms with Gasteiger partial charge in [0.2, 0.25) is 5.78 Å². The Labute approximate surface area is 185 Å². The number of aromatic nitrogens is 1. The van der Waals surface area contributed by atoms with E-state index in [4.69, 9.17) is 4.74 Å². The molecule has 1 aromatic heterocycles. The Kier molecular flexibility index (Phi) is 8.38. The molecule has 0 aliphatic carbocycles. The fraction of sp³-hybridized carbons (Fsp3) is 0.423. The molecule has 0 unspecified atom stereocenters. The van der Waals surface area contributed by atoms with Gasteiger partial charge in [-0.3, -0.25) is 4.79 Å². The second-order valence-electron chi connectivity index (χ2n) is 8.29. The van der Waals surface area contributed by atoms with E-state index in [1.807, 2.05) is 45.0 Å². The average Bonchev–Trinajstić information content (AvgIpc) is 3.01. The standard InChI is InChI=1S/C26H32N2O3/c1-7-21-8-10-22(11-9-21)25(29)20(6)31-26(30)24(16-27)15-23-14-18(4)28(19(23)5)13-12-17(2)3/h8-11,14-15,17,20H,7,12-13H2,1-6H3/b24-15+/t20-/m0/s1. The number of carbonyl (C=O) groups is 2. The summed E-state index contributed by atoms with van der Waals surface area (Å²) in [7, 11) is 0. The van der Waals surface area contributed by atoms with Crippen LogP contribution in [0.25, 0.3) is 6.08 Å². The molecule has 0 radical (unpaired) electrons. The number of carbonyl (C=O) groups excluding carboxylic acids is 2. The van der Waals surface area contributed by atoms with E-state index in [-0.39, 0.29) is 11.4 Å². The quantitative estimate of drug-likeness (QED) is 0.234. The highest BCUT2D eigenvalue weighted by atomic mass is 16.5. The molecule has 0 saturated carbocycles. The minimum absolute atomic E-state index is 0.120. The van der Waals surface area contributed by atoms with Crippen molar-refractivity contribution < 1.29 is 14.3 Å². The van der Waals surface area contributed by atoms with E-state index >= 15 is 0 Å². The van der Waals surface area contributed by atoms with Crippen LogP contribution in [0, 0.1) is 31.1 Å². The molecule has 1 aromatic carbocycles. The number of esters is 1. The zero-order chi connectivity index (χ0) is 23.1. The largest absolute Gasteiger partial charge is 0.450 e. The first-order valence-corrected chi connectivity index (χ1v) is 10.8. The second kappa shape index (κ2) is 10.8.